The van der Waals surface area contributed by atoms with Crippen LogP contribution in [0.5, 0.6) is 0 Å². The van der Waals surface area contributed by atoms with Crippen LogP contribution in [0.1, 0.15) is 0 Å². The average Bonchev–Trinajstić information content (AvgIpc) is 3.60. The molecule has 0 saturated carbocycles. The van der Waals surface area contributed by atoms with Gasteiger partial charge in [-0.3, -0.25) is 9.13 Å². The zero-order valence-corrected chi connectivity index (χ0v) is 17.6. The van der Waals surface area contributed by atoms with Gasteiger partial charge >= 0.3 is 0 Å². The number of furan rings is 1. The summed E-state index contributed by atoms with van der Waals surface area (Å²) in [6, 6.07) is 35.0. The van der Waals surface area contributed by atoms with E-state index < -0.39 is 0 Å². The monoisotopic (exact) mass is 426 g/mol. The highest BCUT2D eigenvalue weighted by molar-refractivity contribution is 6.19. The molecule has 0 bridgehead atoms. The summed E-state index contributed by atoms with van der Waals surface area (Å²) in [5, 5.41) is 12.7. The summed E-state index contributed by atoms with van der Waals surface area (Å²) < 4.78 is 10.2. The molecule has 0 fully saturated rings. The van der Waals surface area contributed by atoms with Crippen LogP contribution >= 0.6 is 0 Å². The summed E-state index contributed by atoms with van der Waals surface area (Å²) in [5.41, 5.74) is 4.98. The summed E-state index contributed by atoms with van der Waals surface area (Å²) in [4.78, 5) is 0. The third kappa shape index (κ3) is 2.59. The lowest BCUT2D eigenvalue weighted by molar-refractivity contribution is 0.619. The molecular formula is C28H18N4O. The van der Waals surface area contributed by atoms with Crippen molar-refractivity contribution in [2.45, 2.75) is 0 Å². The molecule has 33 heavy (non-hydrogen) atoms. The van der Waals surface area contributed by atoms with Gasteiger partial charge in [0.15, 0.2) is 5.82 Å². The van der Waals surface area contributed by atoms with Gasteiger partial charge in [0.2, 0.25) is 5.95 Å². The molecule has 3 heterocycles. The molecule has 5 nitrogen and oxygen atoms in total. The molecule has 0 saturated heterocycles. The highest BCUT2D eigenvalue weighted by Gasteiger charge is 2.22. The van der Waals surface area contributed by atoms with Gasteiger partial charge in [0.05, 0.1) is 28.4 Å². The first-order chi connectivity index (χ1) is 16.4. The maximum Gasteiger partial charge on any atom is 0.241 e. The number of para-hydroxylation sites is 2. The molecule has 0 aliphatic rings. The van der Waals surface area contributed by atoms with E-state index in [0.717, 1.165) is 55.8 Å². The average molecular weight is 426 g/mol. The minimum absolute atomic E-state index is 0.733. The van der Waals surface area contributed by atoms with Crippen LogP contribution in [0, 0.1) is 0 Å². The standard InChI is InChI=1S/C28H18N4O/c1-3-9-20(10-4-1)27-29-30-28(31(27)21-11-5-2-6-12-21)32-23-14-8-7-13-22(23)25-24(32)16-15-19-17-18-33-26(19)25/h1-18H. The topological polar surface area (TPSA) is 48.8 Å². The minimum Gasteiger partial charge on any atom is -0.464 e. The van der Waals surface area contributed by atoms with Crippen molar-refractivity contribution in [1.29, 1.82) is 0 Å². The number of rotatable bonds is 3. The largest absolute Gasteiger partial charge is 0.464 e. The second-order valence-electron chi connectivity index (χ2n) is 8.01. The molecule has 7 aromatic rings. The fourth-order valence-electron chi connectivity index (χ4n) is 4.70. The molecule has 0 radical (unpaired) electrons. The van der Waals surface area contributed by atoms with E-state index in [1.165, 1.54) is 0 Å². The fourth-order valence-corrected chi connectivity index (χ4v) is 4.70. The third-order valence-corrected chi connectivity index (χ3v) is 6.15. The number of benzene rings is 4. The Bertz CT molecular complexity index is 1760. The van der Waals surface area contributed by atoms with Crippen molar-refractivity contribution in [3.05, 3.63) is 109 Å². The zero-order chi connectivity index (χ0) is 21.8. The molecule has 0 unspecified atom stereocenters. The number of aromatic nitrogens is 4. The van der Waals surface area contributed by atoms with Crippen molar-refractivity contribution in [2.75, 3.05) is 0 Å². The molecule has 0 amide bonds. The van der Waals surface area contributed by atoms with Crippen molar-refractivity contribution in [3.63, 3.8) is 0 Å². The maximum absolute atomic E-state index is 5.92. The minimum atomic E-state index is 0.733. The Balaban J connectivity index is 1.63. The predicted molar refractivity (Wildman–Crippen MR) is 131 cm³/mol. The lowest BCUT2D eigenvalue weighted by atomic mass is 10.1. The molecule has 0 N–H and O–H groups in total. The van der Waals surface area contributed by atoms with E-state index in [0.29, 0.717) is 0 Å². The van der Waals surface area contributed by atoms with E-state index in [1.807, 2.05) is 42.5 Å². The Morgan fingerprint density at radius 3 is 2.21 bits per heavy atom. The van der Waals surface area contributed by atoms with Gasteiger partial charge < -0.3 is 4.42 Å². The summed E-state index contributed by atoms with van der Waals surface area (Å²) in [5.74, 6) is 1.53. The van der Waals surface area contributed by atoms with Gasteiger partial charge in [0.25, 0.3) is 0 Å². The van der Waals surface area contributed by atoms with Gasteiger partial charge in [-0.15, -0.1) is 10.2 Å². The molecule has 4 aromatic carbocycles. The van der Waals surface area contributed by atoms with Crippen LogP contribution in [-0.2, 0) is 0 Å². The van der Waals surface area contributed by atoms with E-state index in [2.05, 4.69) is 74.9 Å². The van der Waals surface area contributed by atoms with Crippen molar-refractivity contribution >= 4 is 32.8 Å². The van der Waals surface area contributed by atoms with E-state index >= 15 is 0 Å². The van der Waals surface area contributed by atoms with Crippen LogP contribution in [0.2, 0.25) is 0 Å². The summed E-state index contributed by atoms with van der Waals surface area (Å²) in [6.07, 6.45) is 1.75. The Kier molecular flexibility index (Phi) is 3.78. The van der Waals surface area contributed by atoms with Crippen LogP contribution in [0.25, 0.3) is 55.8 Å². The molecule has 7 rings (SSSR count). The van der Waals surface area contributed by atoms with Gasteiger partial charge in [0, 0.05) is 16.3 Å². The van der Waals surface area contributed by atoms with Gasteiger partial charge in [-0.25, -0.2) is 0 Å². The van der Waals surface area contributed by atoms with Crippen molar-refractivity contribution in [2.24, 2.45) is 0 Å². The Morgan fingerprint density at radius 1 is 0.606 bits per heavy atom. The lowest BCUT2D eigenvalue weighted by Gasteiger charge is -2.13. The highest BCUT2D eigenvalue weighted by Crippen LogP contribution is 2.37. The van der Waals surface area contributed by atoms with Crippen LogP contribution in [-0.4, -0.2) is 19.3 Å². The quantitative estimate of drug-likeness (QED) is 0.313. The Morgan fingerprint density at radius 2 is 1.36 bits per heavy atom. The van der Waals surface area contributed by atoms with Crippen LogP contribution in [0.4, 0.5) is 0 Å². The van der Waals surface area contributed by atoms with E-state index in [4.69, 9.17) is 9.52 Å². The second kappa shape index (κ2) is 6.93. The smallest absolute Gasteiger partial charge is 0.241 e. The zero-order valence-electron chi connectivity index (χ0n) is 17.6. The third-order valence-electron chi connectivity index (χ3n) is 6.15. The van der Waals surface area contributed by atoms with Gasteiger partial charge in [0.1, 0.15) is 5.58 Å². The first kappa shape index (κ1) is 18.0. The molecule has 0 aliphatic carbocycles. The first-order valence-corrected chi connectivity index (χ1v) is 10.9. The molecule has 3 aromatic heterocycles. The molecule has 0 aliphatic heterocycles. The molecule has 0 atom stereocenters. The first-order valence-electron chi connectivity index (χ1n) is 10.9. The van der Waals surface area contributed by atoms with E-state index in [9.17, 15) is 0 Å². The van der Waals surface area contributed by atoms with E-state index in [-0.39, 0.29) is 0 Å². The van der Waals surface area contributed by atoms with Gasteiger partial charge in [-0.05, 0) is 36.4 Å². The van der Waals surface area contributed by atoms with Crippen LogP contribution in [0.15, 0.2) is 114 Å². The fraction of sp³-hybridized carbons (Fsp3) is 0. The predicted octanol–water partition coefficient (Wildman–Crippen LogP) is 6.78. The second-order valence-corrected chi connectivity index (χ2v) is 8.01. The van der Waals surface area contributed by atoms with E-state index in [1.54, 1.807) is 6.26 Å². The number of fused-ring (bicyclic) bond motifs is 5. The SMILES string of the molecule is c1ccc(-c2nnc(-n3c4ccccc4c4c5occc5ccc43)n2-c2ccccc2)cc1. The highest BCUT2D eigenvalue weighted by atomic mass is 16.3. The lowest BCUT2D eigenvalue weighted by Crippen LogP contribution is -2.06. The van der Waals surface area contributed by atoms with Crippen LogP contribution in [0.3, 0.4) is 0 Å². The van der Waals surface area contributed by atoms with Crippen LogP contribution < -0.4 is 0 Å². The number of hydrogen-bond acceptors (Lipinski definition) is 3. The number of hydrogen-bond donors (Lipinski definition) is 0. The summed E-state index contributed by atoms with van der Waals surface area (Å²) in [6.45, 7) is 0. The molecule has 156 valence electrons. The van der Waals surface area contributed by atoms with Crippen molar-refractivity contribution in [3.8, 4) is 23.0 Å². The van der Waals surface area contributed by atoms with Crippen molar-refractivity contribution in [1.82, 2.24) is 19.3 Å². The maximum atomic E-state index is 5.92. The normalized spacial score (nSPS) is 11.6. The van der Waals surface area contributed by atoms with Gasteiger partial charge in [-0.2, -0.15) is 0 Å². The van der Waals surface area contributed by atoms with Gasteiger partial charge in [-0.1, -0.05) is 66.7 Å². The summed E-state index contributed by atoms with van der Waals surface area (Å²) >= 11 is 0. The molecular weight excluding hydrogens is 408 g/mol. The van der Waals surface area contributed by atoms with Crippen molar-refractivity contribution < 1.29 is 4.42 Å². The Hall–Kier alpha value is -4.64. The molecule has 0 spiro atoms. The number of nitrogens with zero attached hydrogens (tertiary/aromatic N) is 4. The molecule has 5 heteroatoms. The summed E-state index contributed by atoms with van der Waals surface area (Å²) in [7, 11) is 0. The Labute approximate surface area is 189 Å².